The lowest BCUT2D eigenvalue weighted by Crippen LogP contribution is -2.26. The molecule has 2 aromatic carbocycles. The van der Waals surface area contributed by atoms with Gasteiger partial charge < -0.3 is 5.32 Å². The van der Waals surface area contributed by atoms with Gasteiger partial charge in [-0.15, -0.1) is 0 Å². The highest BCUT2D eigenvalue weighted by Gasteiger charge is 2.32. The van der Waals surface area contributed by atoms with Gasteiger partial charge in [0, 0.05) is 16.6 Å². The van der Waals surface area contributed by atoms with E-state index in [-0.39, 0.29) is 0 Å². The minimum atomic E-state index is 0.369. The smallest absolute Gasteiger partial charge is 0.0353 e. The fourth-order valence-corrected chi connectivity index (χ4v) is 2.98. The molecule has 104 valence electrons. The van der Waals surface area contributed by atoms with Crippen molar-refractivity contribution in [3.05, 3.63) is 70.2 Å². The standard InChI is InChI=1S/C18H20BrN/c1-13(14-9-11-17(19)12-10-14)20-18(16-7-8-16)15-5-3-2-4-6-15/h2-6,9-13,16,18,20H,7-8H2,1H3. The molecular weight excluding hydrogens is 310 g/mol. The second-order valence-corrected chi connectivity index (χ2v) is 6.58. The highest BCUT2D eigenvalue weighted by Crippen LogP contribution is 2.42. The fourth-order valence-electron chi connectivity index (χ4n) is 2.71. The van der Waals surface area contributed by atoms with E-state index in [9.17, 15) is 0 Å². The summed E-state index contributed by atoms with van der Waals surface area (Å²) in [6.07, 6.45) is 2.69. The quantitative estimate of drug-likeness (QED) is 0.789. The molecule has 0 amide bonds. The van der Waals surface area contributed by atoms with Crippen LogP contribution in [0.2, 0.25) is 0 Å². The summed E-state index contributed by atoms with van der Waals surface area (Å²) in [6, 6.07) is 20.3. The molecule has 3 rings (SSSR count). The third-order valence-electron chi connectivity index (χ3n) is 4.05. The van der Waals surface area contributed by atoms with Gasteiger partial charge in [0.05, 0.1) is 0 Å². The first-order valence-electron chi connectivity index (χ1n) is 7.30. The van der Waals surface area contributed by atoms with E-state index < -0.39 is 0 Å². The second kappa shape index (κ2) is 6.11. The molecule has 1 aliphatic carbocycles. The Morgan fingerprint density at radius 1 is 0.950 bits per heavy atom. The van der Waals surface area contributed by atoms with E-state index in [0.29, 0.717) is 12.1 Å². The van der Waals surface area contributed by atoms with Crippen LogP contribution >= 0.6 is 15.9 Å². The molecule has 0 spiro atoms. The lowest BCUT2D eigenvalue weighted by atomic mass is 9.99. The topological polar surface area (TPSA) is 12.0 Å². The van der Waals surface area contributed by atoms with Gasteiger partial charge in [-0.05, 0) is 48.9 Å². The SMILES string of the molecule is CC(NC(c1ccccc1)C1CC1)c1ccc(Br)cc1. The molecular formula is C18H20BrN. The number of halogens is 1. The van der Waals surface area contributed by atoms with Gasteiger partial charge in [-0.2, -0.15) is 0 Å². The molecule has 2 heteroatoms. The number of rotatable bonds is 5. The van der Waals surface area contributed by atoms with Gasteiger partial charge in [0.2, 0.25) is 0 Å². The molecule has 1 saturated carbocycles. The van der Waals surface area contributed by atoms with Crippen LogP contribution < -0.4 is 5.32 Å². The van der Waals surface area contributed by atoms with Gasteiger partial charge in [0.25, 0.3) is 0 Å². The van der Waals surface area contributed by atoms with E-state index >= 15 is 0 Å². The lowest BCUT2D eigenvalue weighted by molar-refractivity contribution is 0.427. The molecule has 0 heterocycles. The third kappa shape index (κ3) is 3.31. The monoisotopic (exact) mass is 329 g/mol. The van der Waals surface area contributed by atoms with Crippen LogP contribution in [0, 0.1) is 5.92 Å². The van der Waals surface area contributed by atoms with Crippen molar-refractivity contribution in [3.63, 3.8) is 0 Å². The number of hydrogen-bond acceptors (Lipinski definition) is 1. The van der Waals surface area contributed by atoms with Crippen LogP contribution in [0.1, 0.15) is 43.0 Å². The zero-order valence-corrected chi connectivity index (χ0v) is 13.3. The molecule has 1 aliphatic rings. The minimum Gasteiger partial charge on any atom is -0.303 e. The third-order valence-corrected chi connectivity index (χ3v) is 4.58. The Hall–Kier alpha value is -1.12. The van der Waals surface area contributed by atoms with Crippen LogP contribution in [0.25, 0.3) is 0 Å². The van der Waals surface area contributed by atoms with Gasteiger partial charge in [-0.1, -0.05) is 58.4 Å². The Morgan fingerprint density at radius 3 is 2.20 bits per heavy atom. The number of benzene rings is 2. The summed E-state index contributed by atoms with van der Waals surface area (Å²) in [5.74, 6) is 0.801. The molecule has 2 unspecified atom stereocenters. The van der Waals surface area contributed by atoms with Gasteiger partial charge >= 0.3 is 0 Å². The Morgan fingerprint density at radius 2 is 1.60 bits per heavy atom. The van der Waals surface area contributed by atoms with E-state index in [1.165, 1.54) is 24.0 Å². The Balaban J connectivity index is 1.75. The first-order chi connectivity index (χ1) is 9.74. The minimum absolute atomic E-state index is 0.369. The van der Waals surface area contributed by atoms with Crippen LogP contribution in [0.5, 0.6) is 0 Å². The van der Waals surface area contributed by atoms with Crippen molar-refractivity contribution < 1.29 is 0 Å². The summed E-state index contributed by atoms with van der Waals surface area (Å²) in [7, 11) is 0. The maximum atomic E-state index is 3.82. The summed E-state index contributed by atoms with van der Waals surface area (Å²) >= 11 is 3.49. The van der Waals surface area contributed by atoms with Crippen molar-refractivity contribution in [3.8, 4) is 0 Å². The van der Waals surface area contributed by atoms with E-state index in [0.717, 1.165) is 10.4 Å². The zero-order chi connectivity index (χ0) is 13.9. The lowest BCUT2D eigenvalue weighted by Gasteiger charge is -2.24. The van der Waals surface area contributed by atoms with E-state index in [4.69, 9.17) is 0 Å². The van der Waals surface area contributed by atoms with Crippen molar-refractivity contribution in [2.45, 2.75) is 31.8 Å². The Labute approximate surface area is 129 Å². The van der Waals surface area contributed by atoms with Crippen molar-refractivity contribution >= 4 is 15.9 Å². The summed E-state index contributed by atoms with van der Waals surface area (Å²) in [5.41, 5.74) is 2.76. The molecule has 0 saturated heterocycles. The largest absolute Gasteiger partial charge is 0.303 e. The average molecular weight is 330 g/mol. The highest BCUT2D eigenvalue weighted by atomic mass is 79.9. The first-order valence-corrected chi connectivity index (χ1v) is 8.10. The average Bonchev–Trinajstić information content (AvgIpc) is 3.31. The molecule has 0 bridgehead atoms. The molecule has 1 fully saturated rings. The van der Waals surface area contributed by atoms with Gasteiger partial charge in [0.1, 0.15) is 0 Å². The predicted molar refractivity (Wildman–Crippen MR) is 87.6 cm³/mol. The molecule has 20 heavy (non-hydrogen) atoms. The molecule has 2 atom stereocenters. The van der Waals surface area contributed by atoms with E-state index in [2.05, 4.69) is 82.8 Å². The Bertz CT molecular complexity index is 545. The van der Waals surface area contributed by atoms with Crippen LogP contribution in [-0.2, 0) is 0 Å². The van der Waals surface area contributed by atoms with Crippen LogP contribution in [0.3, 0.4) is 0 Å². The van der Waals surface area contributed by atoms with Gasteiger partial charge in [0.15, 0.2) is 0 Å². The van der Waals surface area contributed by atoms with Crippen molar-refractivity contribution in [1.29, 1.82) is 0 Å². The maximum Gasteiger partial charge on any atom is 0.0353 e. The summed E-state index contributed by atoms with van der Waals surface area (Å²) in [5, 5.41) is 3.82. The maximum absolute atomic E-state index is 3.82. The molecule has 2 aromatic rings. The molecule has 1 N–H and O–H groups in total. The number of nitrogens with one attached hydrogen (secondary N) is 1. The molecule has 0 radical (unpaired) electrons. The van der Waals surface area contributed by atoms with Crippen molar-refractivity contribution in [1.82, 2.24) is 5.32 Å². The zero-order valence-electron chi connectivity index (χ0n) is 11.7. The summed E-state index contributed by atoms with van der Waals surface area (Å²) < 4.78 is 1.13. The molecule has 1 nitrogen and oxygen atoms in total. The second-order valence-electron chi connectivity index (χ2n) is 5.67. The normalized spacial score (nSPS) is 17.7. The van der Waals surface area contributed by atoms with E-state index in [1.807, 2.05) is 0 Å². The van der Waals surface area contributed by atoms with Crippen LogP contribution in [-0.4, -0.2) is 0 Å². The molecule has 0 aliphatic heterocycles. The van der Waals surface area contributed by atoms with E-state index in [1.54, 1.807) is 0 Å². The molecule has 0 aromatic heterocycles. The highest BCUT2D eigenvalue weighted by molar-refractivity contribution is 9.10. The number of hydrogen-bond donors (Lipinski definition) is 1. The van der Waals surface area contributed by atoms with Crippen LogP contribution in [0.15, 0.2) is 59.1 Å². The first kappa shape index (κ1) is 13.8. The Kier molecular flexibility index (Phi) is 4.23. The van der Waals surface area contributed by atoms with Crippen LogP contribution in [0.4, 0.5) is 0 Å². The fraction of sp³-hybridized carbons (Fsp3) is 0.333. The predicted octanol–water partition coefficient (Wildman–Crippen LogP) is 5.25. The summed E-state index contributed by atoms with van der Waals surface area (Å²) in [4.78, 5) is 0. The van der Waals surface area contributed by atoms with Crippen molar-refractivity contribution in [2.24, 2.45) is 5.92 Å². The van der Waals surface area contributed by atoms with Gasteiger partial charge in [-0.25, -0.2) is 0 Å². The van der Waals surface area contributed by atoms with Gasteiger partial charge in [-0.3, -0.25) is 0 Å². The van der Waals surface area contributed by atoms with Crippen molar-refractivity contribution in [2.75, 3.05) is 0 Å². The summed E-state index contributed by atoms with van der Waals surface area (Å²) in [6.45, 7) is 2.25.